The summed E-state index contributed by atoms with van der Waals surface area (Å²) in [5.41, 5.74) is 3.32. The van der Waals surface area contributed by atoms with Gasteiger partial charge in [-0.05, 0) is 62.8 Å². The highest BCUT2D eigenvalue weighted by Gasteiger charge is 2.03. The second-order valence-corrected chi connectivity index (χ2v) is 6.76. The standard InChI is InChI=1S/C20H23ClN2S/c1-23(2)15-7-10-17-9-4-6-12-19(17)22-20(24)14-13-16-8-3-5-11-18(16)21/h3-6,8-9,11-14H,7,10,15H2,1-2H3,(H,22,24). The number of benzene rings is 2. The van der Waals surface area contributed by atoms with E-state index in [0.717, 1.165) is 35.7 Å². The fourth-order valence-corrected chi connectivity index (χ4v) is 2.77. The monoisotopic (exact) mass is 358 g/mol. The second-order valence-electron chi connectivity index (χ2n) is 5.91. The van der Waals surface area contributed by atoms with Gasteiger partial charge in [-0.1, -0.05) is 66.3 Å². The summed E-state index contributed by atoms with van der Waals surface area (Å²) in [6, 6.07) is 16.0. The van der Waals surface area contributed by atoms with Crippen LogP contribution in [-0.4, -0.2) is 30.5 Å². The minimum Gasteiger partial charge on any atom is -0.346 e. The highest BCUT2D eigenvalue weighted by atomic mass is 35.5. The Morgan fingerprint density at radius 2 is 1.83 bits per heavy atom. The Kier molecular flexibility index (Phi) is 7.44. The zero-order valence-corrected chi connectivity index (χ0v) is 15.7. The van der Waals surface area contributed by atoms with E-state index in [0.29, 0.717) is 4.99 Å². The van der Waals surface area contributed by atoms with E-state index in [4.69, 9.17) is 23.8 Å². The number of hydrogen-bond donors (Lipinski definition) is 1. The van der Waals surface area contributed by atoms with E-state index >= 15 is 0 Å². The van der Waals surface area contributed by atoms with Gasteiger partial charge in [-0.25, -0.2) is 0 Å². The Balaban J connectivity index is 2.00. The van der Waals surface area contributed by atoms with E-state index < -0.39 is 0 Å². The van der Waals surface area contributed by atoms with Crippen molar-refractivity contribution in [1.82, 2.24) is 4.90 Å². The summed E-state index contributed by atoms with van der Waals surface area (Å²) in [5.74, 6) is 0. The number of rotatable bonds is 7. The molecular weight excluding hydrogens is 336 g/mol. The molecule has 2 nitrogen and oxygen atoms in total. The molecule has 1 N–H and O–H groups in total. The SMILES string of the molecule is CN(C)CCCc1ccccc1NC(=S)C=Cc1ccccc1Cl. The van der Waals surface area contributed by atoms with E-state index in [2.05, 4.69) is 42.5 Å². The first-order chi connectivity index (χ1) is 11.6. The molecule has 0 aliphatic heterocycles. The molecule has 126 valence electrons. The molecule has 2 aromatic carbocycles. The van der Waals surface area contributed by atoms with Crippen LogP contribution in [0.25, 0.3) is 6.08 Å². The van der Waals surface area contributed by atoms with Gasteiger partial charge in [0.1, 0.15) is 4.99 Å². The lowest BCUT2D eigenvalue weighted by Gasteiger charge is -2.13. The summed E-state index contributed by atoms with van der Waals surface area (Å²) in [6.45, 7) is 1.07. The number of nitrogens with one attached hydrogen (secondary N) is 1. The van der Waals surface area contributed by atoms with Crippen LogP contribution >= 0.6 is 23.8 Å². The molecule has 0 saturated heterocycles. The third-order valence-electron chi connectivity index (χ3n) is 3.65. The van der Waals surface area contributed by atoms with Gasteiger partial charge in [0.25, 0.3) is 0 Å². The zero-order valence-electron chi connectivity index (χ0n) is 14.1. The third kappa shape index (κ3) is 6.08. The molecular formula is C20H23ClN2S. The van der Waals surface area contributed by atoms with Gasteiger partial charge in [0.15, 0.2) is 0 Å². The highest BCUT2D eigenvalue weighted by Crippen LogP contribution is 2.19. The topological polar surface area (TPSA) is 15.3 Å². The van der Waals surface area contributed by atoms with Crippen LogP contribution in [0.1, 0.15) is 17.5 Å². The van der Waals surface area contributed by atoms with Gasteiger partial charge in [0.2, 0.25) is 0 Å². The molecule has 2 aromatic rings. The van der Waals surface area contributed by atoms with Crippen molar-refractivity contribution < 1.29 is 0 Å². The van der Waals surface area contributed by atoms with Crippen molar-refractivity contribution in [1.29, 1.82) is 0 Å². The molecule has 0 bridgehead atoms. The Hall–Kier alpha value is -1.68. The molecule has 0 saturated carbocycles. The quantitative estimate of drug-likeness (QED) is 0.535. The fourth-order valence-electron chi connectivity index (χ4n) is 2.40. The van der Waals surface area contributed by atoms with Crippen LogP contribution in [0.3, 0.4) is 0 Å². The van der Waals surface area contributed by atoms with Crippen molar-refractivity contribution in [2.24, 2.45) is 0 Å². The number of halogens is 1. The average molecular weight is 359 g/mol. The maximum Gasteiger partial charge on any atom is 0.103 e. The maximum absolute atomic E-state index is 6.16. The maximum atomic E-state index is 6.16. The molecule has 0 atom stereocenters. The number of para-hydroxylation sites is 1. The predicted molar refractivity (Wildman–Crippen MR) is 110 cm³/mol. The van der Waals surface area contributed by atoms with Crippen LogP contribution in [0.4, 0.5) is 5.69 Å². The van der Waals surface area contributed by atoms with Crippen molar-refractivity contribution in [3.05, 3.63) is 70.8 Å². The van der Waals surface area contributed by atoms with E-state index in [9.17, 15) is 0 Å². The lowest BCUT2D eigenvalue weighted by molar-refractivity contribution is 0.400. The van der Waals surface area contributed by atoms with Crippen LogP contribution in [0.2, 0.25) is 5.02 Å². The molecule has 24 heavy (non-hydrogen) atoms. The van der Waals surface area contributed by atoms with E-state index in [1.807, 2.05) is 42.5 Å². The van der Waals surface area contributed by atoms with Gasteiger partial charge in [-0.3, -0.25) is 0 Å². The smallest absolute Gasteiger partial charge is 0.103 e. The largest absolute Gasteiger partial charge is 0.346 e. The van der Waals surface area contributed by atoms with Crippen molar-refractivity contribution in [3.63, 3.8) is 0 Å². The second kappa shape index (κ2) is 9.58. The number of nitrogens with zero attached hydrogens (tertiary/aromatic N) is 1. The minimum atomic E-state index is 0.676. The summed E-state index contributed by atoms with van der Waals surface area (Å²) >= 11 is 11.6. The van der Waals surface area contributed by atoms with E-state index in [1.54, 1.807) is 0 Å². The van der Waals surface area contributed by atoms with Gasteiger partial charge in [0.05, 0.1) is 0 Å². The number of thiocarbonyl (C=S) groups is 1. The summed E-state index contributed by atoms with van der Waals surface area (Å²) in [7, 11) is 4.19. The molecule has 2 rings (SSSR count). The first-order valence-electron chi connectivity index (χ1n) is 8.02. The van der Waals surface area contributed by atoms with E-state index in [-0.39, 0.29) is 0 Å². The van der Waals surface area contributed by atoms with Crippen LogP contribution in [-0.2, 0) is 6.42 Å². The van der Waals surface area contributed by atoms with Crippen molar-refractivity contribution >= 4 is 40.6 Å². The van der Waals surface area contributed by atoms with Crippen LogP contribution in [0.15, 0.2) is 54.6 Å². The third-order valence-corrected chi connectivity index (χ3v) is 4.23. The van der Waals surface area contributed by atoms with Crippen molar-refractivity contribution in [2.45, 2.75) is 12.8 Å². The zero-order chi connectivity index (χ0) is 17.4. The van der Waals surface area contributed by atoms with Gasteiger partial charge >= 0.3 is 0 Å². The van der Waals surface area contributed by atoms with Crippen molar-refractivity contribution in [2.75, 3.05) is 26.0 Å². The lowest BCUT2D eigenvalue weighted by Crippen LogP contribution is -2.14. The van der Waals surface area contributed by atoms with E-state index in [1.165, 1.54) is 5.56 Å². The lowest BCUT2D eigenvalue weighted by atomic mass is 10.1. The molecule has 0 radical (unpaired) electrons. The molecule has 0 aliphatic rings. The molecule has 0 aliphatic carbocycles. The fraction of sp³-hybridized carbons (Fsp3) is 0.250. The van der Waals surface area contributed by atoms with Gasteiger partial charge in [-0.2, -0.15) is 0 Å². The Morgan fingerprint density at radius 3 is 2.58 bits per heavy atom. The van der Waals surface area contributed by atoms with Gasteiger partial charge in [-0.15, -0.1) is 0 Å². The molecule has 0 aromatic heterocycles. The van der Waals surface area contributed by atoms with Crippen LogP contribution in [0, 0.1) is 0 Å². The number of aryl methyl sites for hydroxylation is 1. The summed E-state index contributed by atoms with van der Waals surface area (Å²) in [5, 5.41) is 4.05. The summed E-state index contributed by atoms with van der Waals surface area (Å²) < 4.78 is 0. The van der Waals surface area contributed by atoms with Crippen LogP contribution < -0.4 is 5.32 Å². The molecule has 0 heterocycles. The Bertz CT molecular complexity index is 710. The van der Waals surface area contributed by atoms with Gasteiger partial charge in [0, 0.05) is 10.7 Å². The predicted octanol–water partition coefficient (Wildman–Crippen LogP) is 5.29. The molecule has 0 spiro atoms. The molecule has 0 unspecified atom stereocenters. The summed E-state index contributed by atoms with van der Waals surface area (Å²) in [4.78, 5) is 2.88. The number of anilines is 1. The molecule has 4 heteroatoms. The van der Waals surface area contributed by atoms with Crippen LogP contribution in [0.5, 0.6) is 0 Å². The average Bonchev–Trinajstić information content (AvgIpc) is 2.55. The Morgan fingerprint density at radius 1 is 1.12 bits per heavy atom. The molecule has 0 fully saturated rings. The normalized spacial score (nSPS) is 11.2. The number of hydrogen-bond acceptors (Lipinski definition) is 2. The Labute approximate surface area is 155 Å². The van der Waals surface area contributed by atoms with Gasteiger partial charge < -0.3 is 10.2 Å². The highest BCUT2D eigenvalue weighted by molar-refractivity contribution is 7.81. The van der Waals surface area contributed by atoms with Crippen molar-refractivity contribution in [3.8, 4) is 0 Å². The minimum absolute atomic E-state index is 0.676. The first kappa shape index (κ1) is 18.7. The molecule has 0 amide bonds. The first-order valence-corrected chi connectivity index (χ1v) is 8.81. The summed E-state index contributed by atoms with van der Waals surface area (Å²) in [6.07, 6.45) is 5.96.